The number of phenols is 1. The number of aliphatic imine (C=N–C) groups is 1. The molecule has 0 unspecified atom stereocenters. The molecule has 33 heavy (non-hydrogen) atoms. The van der Waals surface area contributed by atoms with Crippen LogP contribution >= 0.6 is 38.9 Å². The summed E-state index contributed by atoms with van der Waals surface area (Å²) in [4.78, 5) is 19.3. The van der Waals surface area contributed by atoms with Crippen LogP contribution in [-0.4, -0.2) is 17.2 Å². The minimum atomic E-state index is -0.172. The van der Waals surface area contributed by atoms with E-state index in [0.717, 1.165) is 29.3 Å². The number of benzene rings is 2. The van der Waals surface area contributed by atoms with Gasteiger partial charge in [0.2, 0.25) is 0 Å². The summed E-state index contributed by atoms with van der Waals surface area (Å²) in [7, 11) is 0. The minimum absolute atomic E-state index is 0.142. The van der Waals surface area contributed by atoms with Gasteiger partial charge in [-0.25, -0.2) is 4.99 Å². The quantitative estimate of drug-likeness (QED) is 0.326. The van der Waals surface area contributed by atoms with Crippen LogP contribution in [0.5, 0.6) is 5.75 Å². The van der Waals surface area contributed by atoms with E-state index in [9.17, 15) is 9.90 Å². The van der Waals surface area contributed by atoms with E-state index in [2.05, 4.69) is 47.0 Å². The molecule has 2 aromatic carbocycles. The summed E-state index contributed by atoms with van der Waals surface area (Å²) in [6, 6.07) is 12.3. The summed E-state index contributed by atoms with van der Waals surface area (Å²) < 4.78 is 0.848. The zero-order chi connectivity index (χ0) is 23.8. The highest BCUT2D eigenvalue weighted by atomic mass is 79.9. The fourth-order valence-corrected chi connectivity index (χ4v) is 5.89. The third-order valence-corrected chi connectivity index (χ3v) is 8.02. The molecule has 1 heterocycles. The van der Waals surface area contributed by atoms with Crippen LogP contribution in [0.4, 0.5) is 10.7 Å². The number of phenolic OH excluding ortho intramolecular Hbond substituents is 1. The summed E-state index contributed by atoms with van der Waals surface area (Å²) in [6.07, 6.45) is 4.47. The number of nitrogens with one attached hydrogen (secondary N) is 1. The van der Waals surface area contributed by atoms with Crippen molar-refractivity contribution in [2.75, 3.05) is 5.32 Å². The van der Waals surface area contributed by atoms with Crippen molar-refractivity contribution in [1.29, 1.82) is 0 Å². The highest BCUT2D eigenvalue weighted by Gasteiger charge is 2.33. The largest absolute Gasteiger partial charge is 0.507 e. The van der Waals surface area contributed by atoms with Crippen molar-refractivity contribution in [3.05, 3.63) is 73.5 Å². The molecule has 1 aromatic heterocycles. The number of carbonyl (C=O) groups excluding carboxylic acids is 1. The maximum atomic E-state index is 13.4. The van der Waals surface area contributed by atoms with Crippen molar-refractivity contribution in [1.82, 2.24) is 0 Å². The first-order valence-electron chi connectivity index (χ1n) is 10.9. The number of hydrogen-bond donors (Lipinski definition) is 2. The van der Waals surface area contributed by atoms with Gasteiger partial charge in [0.25, 0.3) is 5.91 Å². The highest BCUT2D eigenvalue weighted by Crippen LogP contribution is 2.45. The maximum Gasteiger partial charge on any atom is 0.259 e. The van der Waals surface area contributed by atoms with Gasteiger partial charge in [-0.05, 0) is 78.6 Å². The van der Waals surface area contributed by atoms with E-state index in [1.165, 1.54) is 4.88 Å². The van der Waals surface area contributed by atoms with Crippen molar-refractivity contribution in [2.45, 2.75) is 40.0 Å². The Morgan fingerprint density at radius 1 is 1.24 bits per heavy atom. The Bertz CT molecular complexity index is 1210. The Kier molecular flexibility index (Phi) is 6.99. The molecular formula is C26H26BrClN2O2S. The lowest BCUT2D eigenvalue weighted by Gasteiger charge is -2.33. The zero-order valence-corrected chi connectivity index (χ0v) is 21.9. The Labute approximate surface area is 211 Å². The van der Waals surface area contributed by atoms with Gasteiger partial charge in [0.05, 0.1) is 5.56 Å². The van der Waals surface area contributed by atoms with Crippen LogP contribution in [0.3, 0.4) is 0 Å². The van der Waals surface area contributed by atoms with Crippen LogP contribution < -0.4 is 5.32 Å². The van der Waals surface area contributed by atoms with E-state index >= 15 is 0 Å². The maximum absolute atomic E-state index is 13.4. The summed E-state index contributed by atoms with van der Waals surface area (Å²) in [5, 5.41) is 14.5. The number of thiophene rings is 1. The summed E-state index contributed by atoms with van der Waals surface area (Å²) in [6.45, 7) is 6.83. The second-order valence-electron chi connectivity index (χ2n) is 9.41. The summed E-state index contributed by atoms with van der Waals surface area (Å²) >= 11 is 11.0. The van der Waals surface area contributed by atoms with E-state index < -0.39 is 0 Å². The molecule has 1 aliphatic carbocycles. The van der Waals surface area contributed by atoms with Gasteiger partial charge in [-0.15, -0.1) is 11.3 Å². The Morgan fingerprint density at radius 3 is 2.67 bits per heavy atom. The lowest BCUT2D eigenvalue weighted by atomic mass is 9.72. The average Bonchev–Trinajstić information content (AvgIpc) is 3.13. The summed E-state index contributed by atoms with van der Waals surface area (Å²) in [5.74, 6) is 0.527. The van der Waals surface area contributed by atoms with Gasteiger partial charge in [0.1, 0.15) is 10.8 Å². The molecular weight excluding hydrogens is 520 g/mol. The summed E-state index contributed by atoms with van der Waals surface area (Å²) in [5.41, 5.74) is 3.21. The lowest BCUT2D eigenvalue weighted by Crippen LogP contribution is -2.27. The monoisotopic (exact) mass is 544 g/mol. The second kappa shape index (κ2) is 9.61. The molecule has 0 spiro atoms. The van der Waals surface area contributed by atoms with Gasteiger partial charge in [-0.2, -0.15) is 0 Å². The van der Waals surface area contributed by atoms with E-state index in [1.807, 2.05) is 0 Å². The second-order valence-corrected chi connectivity index (χ2v) is 11.8. The molecule has 1 aliphatic rings. The molecule has 4 nitrogen and oxygen atoms in total. The van der Waals surface area contributed by atoms with Gasteiger partial charge in [-0.3, -0.25) is 4.79 Å². The first-order chi connectivity index (χ1) is 15.6. The number of carbonyl (C=O) groups is 1. The number of hydrogen-bond acceptors (Lipinski definition) is 4. The first-order valence-corrected chi connectivity index (χ1v) is 12.8. The molecule has 0 bridgehead atoms. The Balaban J connectivity index is 1.72. The minimum Gasteiger partial charge on any atom is -0.507 e. The van der Waals surface area contributed by atoms with E-state index in [0.29, 0.717) is 32.8 Å². The molecule has 1 amide bonds. The molecule has 0 radical (unpaired) electrons. The molecule has 2 N–H and O–H groups in total. The molecule has 4 rings (SSSR count). The van der Waals surface area contributed by atoms with E-state index in [4.69, 9.17) is 11.6 Å². The third-order valence-electron chi connectivity index (χ3n) is 6.11. The normalized spacial score (nSPS) is 16.1. The molecule has 3 aromatic rings. The highest BCUT2D eigenvalue weighted by molar-refractivity contribution is 9.10. The predicted octanol–water partition coefficient (Wildman–Crippen LogP) is 8.02. The SMILES string of the molecule is CC(C)(C)[C@H]1CCc2c(sc(N=Cc3cc(Br)ccc3O)c2C(=O)Nc2ccc(Cl)cc2)C1. The van der Waals surface area contributed by atoms with Crippen molar-refractivity contribution < 1.29 is 9.90 Å². The predicted molar refractivity (Wildman–Crippen MR) is 142 cm³/mol. The smallest absolute Gasteiger partial charge is 0.259 e. The number of rotatable bonds is 4. The zero-order valence-electron chi connectivity index (χ0n) is 18.8. The van der Waals surface area contributed by atoms with Crippen molar-refractivity contribution >= 4 is 61.7 Å². The van der Waals surface area contributed by atoms with Crippen molar-refractivity contribution in [3.8, 4) is 5.75 Å². The van der Waals surface area contributed by atoms with E-state index in [1.54, 1.807) is 60.0 Å². The van der Waals surface area contributed by atoms with Gasteiger partial charge in [0.15, 0.2) is 0 Å². The number of fused-ring (bicyclic) bond motifs is 1. The van der Waals surface area contributed by atoms with E-state index in [-0.39, 0.29) is 17.1 Å². The fraction of sp³-hybridized carbons (Fsp3) is 0.308. The molecule has 1 atom stereocenters. The molecule has 0 fully saturated rings. The molecule has 0 saturated heterocycles. The van der Waals surface area contributed by atoms with Gasteiger partial charge >= 0.3 is 0 Å². The number of amides is 1. The van der Waals surface area contributed by atoms with Gasteiger partial charge in [-0.1, -0.05) is 48.3 Å². The number of nitrogens with zero attached hydrogens (tertiary/aromatic N) is 1. The number of halogens is 2. The first kappa shape index (κ1) is 24.0. The topological polar surface area (TPSA) is 61.7 Å². The molecule has 0 saturated carbocycles. The van der Waals surface area contributed by atoms with Gasteiger partial charge in [0, 0.05) is 31.8 Å². The van der Waals surface area contributed by atoms with Crippen LogP contribution in [0.1, 0.15) is 53.6 Å². The fourth-order valence-electron chi connectivity index (χ4n) is 4.12. The van der Waals surface area contributed by atoms with Crippen LogP contribution in [0, 0.1) is 11.3 Å². The third kappa shape index (κ3) is 5.51. The number of anilines is 1. The molecule has 172 valence electrons. The van der Waals surface area contributed by atoms with Crippen LogP contribution in [0.2, 0.25) is 5.02 Å². The van der Waals surface area contributed by atoms with Crippen LogP contribution in [-0.2, 0) is 12.8 Å². The van der Waals surface area contributed by atoms with Crippen LogP contribution in [0.15, 0.2) is 51.9 Å². The van der Waals surface area contributed by atoms with Crippen LogP contribution in [0.25, 0.3) is 0 Å². The van der Waals surface area contributed by atoms with Gasteiger partial charge < -0.3 is 10.4 Å². The van der Waals surface area contributed by atoms with Crippen molar-refractivity contribution in [3.63, 3.8) is 0 Å². The lowest BCUT2D eigenvalue weighted by molar-refractivity contribution is 0.102. The number of aromatic hydroxyl groups is 1. The Hall–Kier alpha value is -2.15. The van der Waals surface area contributed by atoms with Crippen molar-refractivity contribution in [2.24, 2.45) is 16.3 Å². The Morgan fingerprint density at radius 2 is 1.97 bits per heavy atom. The average molecular weight is 546 g/mol. The molecule has 0 aliphatic heterocycles. The molecule has 7 heteroatoms. The standard InChI is InChI=1S/C26H26BrClN2O2S/c1-26(2,3)16-4-10-20-22(13-16)33-25(29-14-15-12-17(27)5-11-21(15)31)23(20)24(32)30-19-8-6-18(28)7-9-19/h5-9,11-12,14,16,31H,4,10,13H2,1-3H3,(H,30,32)/t16-/m0/s1.